The van der Waals surface area contributed by atoms with Crippen molar-refractivity contribution in [2.75, 3.05) is 18.0 Å². The van der Waals surface area contributed by atoms with E-state index in [4.69, 9.17) is 0 Å². The van der Waals surface area contributed by atoms with Gasteiger partial charge in [0, 0.05) is 43.8 Å². The molecule has 7 nitrogen and oxygen atoms in total. The molecule has 138 valence electrons. The Morgan fingerprint density at radius 1 is 1.11 bits per heavy atom. The molecule has 7 heteroatoms. The molecule has 1 fully saturated rings. The molecule has 0 saturated carbocycles. The lowest BCUT2D eigenvalue weighted by Crippen LogP contribution is -2.29. The van der Waals surface area contributed by atoms with Crippen LogP contribution in [0.25, 0.3) is 0 Å². The van der Waals surface area contributed by atoms with E-state index < -0.39 is 4.92 Å². The molecule has 0 bridgehead atoms. The fourth-order valence-corrected chi connectivity index (χ4v) is 3.74. The lowest BCUT2D eigenvalue weighted by molar-refractivity contribution is -0.384. The van der Waals surface area contributed by atoms with Gasteiger partial charge in [-0.3, -0.25) is 19.7 Å². The predicted molar refractivity (Wildman–Crippen MR) is 99.6 cm³/mol. The summed E-state index contributed by atoms with van der Waals surface area (Å²) < 4.78 is 0. The number of nitrogens with zero attached hydrogens (tertiary/aromatic N) is 3. The van der Waals surface area contributed by atoms with Crippen molar-refractivity contribution in [3.63, 3.8) is 0 Å². The van der Waals surface area contributed by atoms with E-state index in [2.05, 4.69) is 0 Å². The fourth-order valence-electron chi connectivity index (χ4n) is 3.74. The molecular formula is C20H19N3O4. The summed E-state index contributed by atoms with van der Waals surface area (Å²) in [6, 6.07) is 11.9. The lowest BCUT2D eigenvalue weighted by Gasteiger charge is -2.19. The predicted octanol–water partition coefficient (Wildman–Crippen LogP) is 2.92. The van der Waals surface area contributed by atoms with Crippen molar-refractivity contribution in [1.82, 2.24) is 4.90 Å². The van der Waals surface area contributed by atoms with Gasteiger partial charge in [0.2, 0.25) is 5.91 Å². The molecule has 2 aromatic carbocycles. The molecule has 2 aliphatic heterocycles. The van der Waals surface area contributed by atoms with Crippen molar-refractivity contribution in [3.05, 3.63) is 69.3 Å². The van der Waals surface area contributed by atoms with Crippen LogP contribution in [0.5, 0.6) is 0 Å². The molecule has 0 spiro atoms. The van der Waals surface area contributed by atoms with E-state index in [9.17, 15) is 19.7 Å². The van der Waals surface area contributed by atoms with Gasteiger partial charge >= 0.3 is 0 Å². The molecule has 1 saturated heterocycles. The Balaban J connectivity index is 1.58. The average Bonchev–Trinajstić information content (AvgIpc) is 3.27. The van der Waals surface area contributed by atoms with Gasteiger partial charge in [0.25, 0.3) is 11.6 Å². The first-order valence-corrected chi connectivity index (χ1v) is 8.99. The number of hydrogen-bond acceptors (Lipinski definition) is 4. The minimum Gasteiger partial charge on any atom is -0.338 e. The van der Waals surface area contributed by atoms with Crippen LogP contribution < -0.4 is 4.90 Å². The Morgan fingerprint density at radius 3 is 2.70 bits per heavy atom. The first kappa shape index (κ1) is 17.2. The molecule has 2 aromatic rings. The second kappa shape index (κ2) is 6.83. The van der Waals surface area contributed by atoms with E-state index >= 15 is 0 Å². The zero-order chi connectivity index (χ0) is 19.0. The van der Waals surface area contributed by atoms with Crippen LogP contribution in [0.4, 0.5) is 11.4 Å². The van der Waals surface area contributed by atoms with Gasteiger partial charge in [0.05, 0.1) is 10.6 Å². The number of non-ortho nitro benzene ring substituents is 1. The number of rotatable bonds is 4. The monoisotopic (exact) mass is 365 g/mol. The summed E-state index contributed by atoms with van der Waals surface area (Å²) in [5.74, 6) is -0.0312. The van der Waals surface area contributed by atoms with E-state index in [0.29, 0.717) is 37.2 Å². The van der Waals surface area contributed by atoms with E-state index in [1.54, 1.807) is 21.9 Å². The molecule has 27 heavy (non-hydrogen) atoms. The number of benzene rings is 2. The van der Waals surface area contributed by atoms with Gasteiger partial charge < -0.3 is 9.80 Å². The van der Waals surface area contributed by atoms with Crippen molar-refractivity contribution in [2.45, 2.75) is 25.8 Å². The second-order valence-electron chi connectivity index (χ2n) is 6.90. The van der Waals surface area contributed by atoms with Gasteiger partial charge in [0.1, 0.15) is 0 Å². The first-order valence-electron chi connectivity index (χ1n) is 8.99. The normalized spacial score (nSPS) is 15.9. The second-order valence-corrected chi connectivity index (χ2v) is 6.90. The molecule has 0 aromatic heterocycles. The highest BCUT2D eigenvalue weighted by Gasteiger charge is 2.28. The zero-order valence-electron chi connectivity index (χ0n) is 14.8. The number of nitro groups is 1. The summed E-state index contributed by atoms with van der Waals surface area (Å²) in [5, 5.41) is 11.1. The third kappa shape index (κ3) is 3.28. The molecule has 2 amide bonds. The zero-order valence-corrected chi connectivity index (χ0v) is 14.8. The van der Waals surface area contributed by atoms with Crippen LogP contribution in [0.1, 0.15) is 34.3 Å². The van der Waals surface area contributed by atoms with Crippen LogP contribution in [-0.4, -0.2) is 34.7 Å². The van der Waals surface area contributed by atoms with Crippen molar-refractivity contribution in [2.24, 2.45) is 0 Å². The van der Waals surface area contributed by atoms with Gasteiger partial charge in [-0.05, 0) is 36.1 Å². The minimum absolute atomic E-state index is 0.0188. The molecule has 2 heterocycles. The molecule has 0 unspecified atom stereocenters. The number of likely N-dealkylation sites (tertiary alicyclic amines) is 1. The van der Waals surface area contributed by atoms with E-state index in [1.165, 1.54) is 12.1 Å². The smallest absolute Gasteiger partial charge is 0.271 e. The lowest BCUT2D eigenvalue weighted by atomic mass is 10.1. The molecular weight excluding hydrogens is 346 g/mol. The van der Waals surface area contributed by atoms with Crippen LogP contribution in [0.15, 0.2) is 42.5 Å². The van der Waals surface area contributed by atoms with Crippen molar-refractivity contribution < 1.29 is 14.5 Å². The number of amides is 2. The summed E-state index contributed by atoms with van der Waals surface area (Å²) in [7, 11) is 0. The quantitative estimate of drug-likeness (QED) is 0.616. The van der Waals surface area contributed by atoms with Gasteiger partial charge in [-0.1, -0.05) is 18.2 Å². The molecule has 0 radical (unpaired) electrons. The molecule has 0 atom stereocenters. The Hall–Kier alpha value is -3.22. The van der Waals surface area contributed by atoms with Crippen LogP contribution >= 0.6 is 0 Å². The minimum atomic E-state index is -0.449. The van der Waals surface area contributed by atoms with Crippen LogP contribution in [0, 0.1) is 10.1 Å². The average molecular weight is 365 g/mol. The van der Waals surface area contributed by atoms with Crippen molar-refractivity contribution in [1.29, 1.82) is 0 Å². The van der Waals surface area contributed by atoms with Crippen LogP contribution in [0.2, 0.25) is 0 Å². The van der Waals surface area contributed by atoms with Crippen molar-refractivity contribution in [3.8, 4) is 0 Å². The number of anilines is 1. The third-order valence-electron chi connectivity index (χ3n) is 5.14. The summed E-state index contributed by atoms with van der Waals surface area (Å²) in [4.78, 5) is 38.9. The largest absolute Gasteiger partial charge is 0.338 e. The summed E-state index contributed by atoms with van der Waals surface area (Å²) in [6.07, 6.45) is 2.14. The Morgan fingerprint density at radius 2 is 1.96 bits per heavy atom. The number of hydrogen-bond donors (Lipinski definition) is 0. The topological polar surface area (TPSA) is 83.8 Å². The van der Waals surface area contributed by atoms with Crippen LogP contribution in [-0.2, 0) is 17.8 Å². The standard InChI is InChI=1S/C20H19N3O4/c24-19-5-2-9-21(19)13-14-3-1-4-16(11-14)20(25)22-10-8-15-6-7-17(23(26)27)12-18(15)22/h1,3-4,6-7,11-12H,2,5,8-10,13H2. The molecule has 0 aliphatic carbocycles. The van der Waals surface area contributed by atoms with Crippen molar-refractivity contribution >= 4 is 23.2 Å². The maximum Gasteiger partial charge on any atom is 0.271 e. The van der Waals surface area contributed by atoms with Gasteiger partial charge in [0.15, 0.2) is 0 Å². The highest BCUT2D eigenvalue weighted by molar-refractivity contribution is 6.07. The molecule has 2 aliphatic rings. The maximum atomic E-state index is 13.0. The highest BCUT2D eigenvalue weighted by atomic mass is 16.6. The van der Waals surface area contributed by atoms with Crippen LogP contribution in [0.3, 0.4) is 0 Å². The number of nitro benzene ring substituents is 1. The van der Waals surface area contributed by atoms with E-state index in [0.717, 1.165) is 24.1 Å². The summed E-state index contributed by atoms with van der Waals surface area (Å²) >= 11 is 0. The molecule has 0 N–H and O–H groups in total. The van der Waals surface area contributed by atoms with Gasteiger partial charge in [-0.25, -0.2) is 0 Å². The first-order chi connectivity index (χ1) is 13.0. The highest BCUT2D eigenvalue weighted by Crippen LogP contribution is 2.32. The third-order valence-corrected chi connectivity index (χ3v) is 5.14. The number of fused-ring (bicyclic) bond motifs is 1. The van der Waals surface area contributed by atoms with E-state index in [1.807, 2.05) is 18.2 Å². The number of carbonyl (C=O) groups excluding carboxylic acids is 2. The summed E-state index contributed by atoms with van der Waals surface area (Å²) in [5.41, 5.74) is 2.96. The Bertz CT molecular complexity index is 941. The van der Waals surface area contributed by atoms with Gasteiger partial charge in [-0.2, -0.15) is 0 Å². The Kier molecular flexibility index (Phi) is 4.35. The maximum absolute atomic E-state index is 13.0. The number of carbonyl (C=O) groups is 2. The SMILES string of the molecule is O=C1CCCN1Cc1cccc(C(=O)N2CCc3ccc([N+](=O)[O-])cc32)c1. The summed E-state index contributed by atoms with van der Waals surface area (Å²) in [6.45, 7) is 1.76. The fraction of sp³-hybridized carbons (Fsp3) is 0.300. The van der Waals surface area contributed by atoms with E-state index in [-0.39, 0.29) is 17.5 Å². The van der Waals surface area contributed by atoms with Gasteiger partial charge in [-0.15, -0.1) is 0 Å². The molecule has 4 rings (SSSR count). The Labute approximate surface area is 156 Å².